The van der Waals surface area contributed by atoms with E-state index in [1.165, 1.54) is 12.1 Å². The maximum Gasteiger partial charge on any atom is 0.338 e. The average Bonchev–Trinajstić information content (AvgIpc) is 2.62. The summed E-state index contributed by atoms with van der Waals surface area (Å²) in [5.74, 6) is -1.59. The number of carbonyl (C=O) groups is 2. The summed E-state index contributed by atoms with van der Waals surface area (Å²) in [5, 5.41) is 0. The predicted octanol–water partition coefficient (Wildman–Crippen LogP) is 0.795. The van der Waals surface area contributed by atoms with Crippen LogP contribution < -0.4 is 0 Å². The first-order chi connectivity index (χ1) is 13.9. The molecule has 0 spiro atoms. The van der Waals surface area contributed by atoms with Crippen LogP contribution in [0, 0.1) is 0 Å². The summed E-state index contributed by atoms with van der Waals surface area (Å²) in [7, 11) is -8.19. The number of esters is 2. The molecule has 166 valence electrons. The van der Waals surface area contributed by atoms with E-state index < -0.39 is 50.5 Å². The van der Waals surface area contributed by atoms with Crippen LogP contribution in [0.1, 0.15) is 23.7 Å². The fourth-order valence-corrected chi connectivity index (χ4v) is 3.98. The van der Waals surface area contributed by atoms with Gasteiger partial charge in [-0.25, -0.2) is 9.59 Å². The van der Waals surface area contributed by atoms with Crippen LogP contribution in [0.25, 0.3) is 0 Å². The lowest BCUT2D eigenvalue weighted by Gasteiger charge is -2.34. The summed E-state index contributed by atoms with van der Waals surface area (Å²) in [4.78, 5) is 24.7. The van der Waals surface area contributed by atoms with Gasteiger partial charge in [-0.15, -0.1) is 0 Å². The molecule has 3 atom stereocenters. The van der Waals surface area contributed by atoms with E-state index in [0.29, 0.717) is 0 Å². The smallest absolute Gasteiger partial charge is 0.338 e. The molecule has 0 unspecified atom stereocenters. The normalized spacial score (nSPS) is 22.1. The van der Waals surface area contributed by atoms with E-state index in [0.717, 1.165) is 18.6 Å². The third-order valence-corrected chi connectivity index (χ3v) is 5.00. The Balaban J connectivity index is 2.44. The lowest BCUT2D eigenvalue weighted by atomic mass is 9.92. The topological polar surface area (TPSA) is 139 Å². The summed E-state index contributed by atoms with van der Waals surface area (Å²) >= 11 is 0. The number of carbonyl (C=O) groups excluding carboxylic acids is 2. The zero-order chi connectivity index (χ0) is 22.5. The van der Waals surface area contributed by atoms with Crippen LogP contribution in [-0.4, -0.2) is 66.2 Å². The number of hydrogen-bond acceptors (Lipinski definition) is 10. The second-order valence-electron chi connectivity index (χ2n) is 6.46. The Labute approximate surface area is 175 Å². The number of rotatable bonds is 8. The Bertz CT molecular complexity index is 1010. The number of benzene rings is 1. The third-order valence-electron chi connectivity index (χ3n) is 3.85. The van der Waals surface area contributed by atoms with Gasteiger partial charge in [0.05, 0.1) is 24.7 Å². The van der Waals surface area contributed by atoms with Gasteiger partial charge in [-0.05, 0) is 25.1 Å². The van der Waals surface area contributed by atoms with Crippen molar-refractivity contribution in [3.8, 4) is 0 Å². The van der Waals surface area contributed by atoms with Crippen molar-refractivity contribution < 1.29 is 44.3 Å². The highest BCUT2D eigenvalue weighted by molar-refractivity contribution is 7.86. The molecule has 0 aliphatic heterocycles. The minimum absolute atomic E-state index is 0.0373. The Hall–Kier alpha value is -2.28. The average molecular weight is 462 g/mol. The Morgan fingerprint density at radius 2 is 1.57 bits per heavy atom. The molecule has 0 fully saturated rings. The zero-order valence-electron chi connectivity index (χ0n) is 16.5. The molecule has 0 aromatic heterocycles. The minimum Gasteiger partial charge on any atom is -0.463 e. The van der Waals surface area contributed by atoms with Gasteiger partial charge in [-0.2, -0.15) is 16.8 Å². The van der Waals surface area contributed by atoms with Gasteiger partial charge < -0.3 is 9.47 Å². The highest BCUT2D eigenvalue weighted by Crippen LogP contribution is 2.29. The predicted molar refractivity (Wildman–Crippen MR) is 104 cm³/mol. The minimum atomic E-state index is -4.11. The monoisotopic (exact) mass is 462 g/mol. The molecule has 1 aliphatic rings. The largest absolute Gasteiger partial charge is 0.463 e. The third kappa shape index (κ3) is 7.20. The van der Waals surface area contributed by atoms with Crippen LogP contribution in [0.5, 0.6) is 0 Å². The van der Waals surface area contributed by atoms with Gasteiger partial charge in [0.2, 0.25) is 0 Å². The number of hydrogen-bond donors (Lipinski definition) is 0. The summed E-state index contributed by atoms with van der Waals surface area (Å²) < 4.78 is 67.1. The Morgan fingerprint density at radius 1 is 0.967 bits per heavy atom. The van der Waals surface area contributed by atoms with Crippen molar-refractivity contribution in [2.75, 3.05) is 19.1 Å². The molecule has 1 aromatic rings. The summed E-state index contributed by atoms with van der Waals surface area (Å²) in [6, 6.07) is 7.84. The molecule has 0 amide bonds. The molecule has 1 aromatic carbocycles. The van der Waals surface area contributed by atoms with Crippen LogP contribution in [0.4, 0.5) is 0 Å². The van der Waals surface area contributed by atoms with Crippen molar-refractivity contribution in [1.29, 1.82) is 0 Å². The summed E-state index contributed by atoms with van der Waals surface area (Å²) in [6.45, 7) is 1.62. The van der Waals surface area contributed by atoms with Crippen molar-refractivity contribution in [1.82, 2.24) is 0 Å². The van der Waals surface area contributed by atoms with Crippen molar-refractivity contribution in [3.63, 3.8) is 0 Å². The lowest BCUT2D eigenvalue weighted by molar-refractivity contribution is -0.139. The molecule has 0 N–H and O–H groups in total. The fourth-order valence-electron chi connectivity index (χ4n) is 2.77. The summed E-state index contributed by atoms with van der Waals surface area (Å²) in [6.07, 6.45) is -2.09. The van der Waals surface area contributed by atoms with Crippen molar-refractivity contribution >= 4 is 32.2 Å². The molecule has 0 bridgehead atoms. The number of ether oxygens (including phenoxy) is 2. The van der Waals surface area contributed by atoms with Crippen LogP contribution >= 0.6 is 0 Å². The van der Waals surface area contributed by atoms with Crippen LogP contribution in [0.2, 0.25) is 0 Å². The van der Waals surface area contributed by atoms with E-state index in [1.54, 1.807) is 25.1 Å². The highest BCUT2D eigenvalue weighted by atomic mass is 32.2. The van der Waals surface area contributed by atoms with Gasteiger partial charge in [0.1, 0.15) is 18.3 Å². The van der Waals surface area contributed by atoms with Crippen LogP contribution in [0.3, 0.4) is 0 Å². The quantitative estimate of drug-likeness (QED) is 0.402. The van der Waals surface area contributed by atoms with Crippen molar-refractivity contribution in [3.05, 3.63) is 47.5 Å². The van der Waals surface area contributed by atoms with Gasteiger partial charge in [0.15, 0.2) is 0 Å². The molecular formula is C18H22O10S2. The standard InChI is InChI=1S/C18H22O10S2/c1-4-25-17(19)13-10-14(26-18(20)12-8-6-5-7-9-12)16(28-30(3,23)24)15(11-13)27-29(2,21)22/h5-9,11,14-16H,4,10H2,1-3H3/t14-,15-,16+/m1/s1. The summed E-state index contributed by atoms with van der Waals surface area (Å²) in [5.41, 5.74) is 0.133. The molecule has 30 heavy (non-hydrogen) atoms. The van der Waals surface area contributed by atoms with Gasteiger partial charge in [0.25, 0.3) is 20.2 Å². The van der Waals surface area contributed by atoms with E-state index in [1.807, 2.05) is 0 Å². The molecule has 10 nitrogen and oxygen atoms in total. The van der Waals surface area contributed by atoms with E-state index in [2.05, 4.69) is 0 Å². The molecule has 12 heteroatoms. The molecule has 1 aliphatic carbocycles. The van der Waals surface area contributed by atoms with Gasteiger partial charge in [-0.3, -0.25) is 8.37 Å². The van der Waals surface area contributed by atoms with E-state index in [-0.39, 0.29) is 24.2 Å². The highest BCUT2D eigenvalue weighted by Gasteiger charge is 2.43. The first-order valence-electron chi connectivity index (χ1n) is 8.80. The Kier molecular flexibility index (Phi) is 7.75. The van der Waals surface area contributed by atoms with E-state index in [9.17, 15) is 26.4 Å². The molecule has 2 rings (SSSR count). The SMILES string of the molecule is CCOC(=O)C1=C[C@@H](OS(C)(=O)=O)[C@@H](OS(C)(=O)=O)[C@H](OC(=O)c2ccccc2)C1. The van der Waals surface area contributed by atoms with Crippen LogP contribution in [0.15, 0.2) is 42.0 Å². The lowest BCUT2D eigenvalue weighted by Crippen LogP contribution is -2.48. The molecule has 0 radical (unpaired) electrons. The second-order valence-corrected chi connectivity index (χ2v) is 9.66. The molecule has 0 heterocycles. The first kappa shape index (κ1) is 24.0. The fraction of sp³-hybridized carbons (Fsp3) is 0.444. The Morgan fingerprint density at radius 3 is 2.10 bits per heavy atom. The molecule has 0 saturated carbocycles. The van der Waals surface area contributed by atoms with E-state index in [4.69, 9.17) is 17.8 Å². The molecular weight excluding hydrogens is 440 g/mol. The first-order valence-corrected chi connectivity index (χ1v) is 12.4. The van der Waals surface area contributed by atoms with Crippen molar-refractivity contribution in [2.45, 2.75) is 31.7 Å². The maximum atomic E-state index is 12.5. The zero-order valence-corrected chi connectivity index (χ0v) is 18.1. The van der Waals surface area contributed by atoms with Gasteiger partial charge >= 0.3 is 11.9 Å². The van der Waals surface area contributed by atoms with Gasteiger partial charge in [0, 0.05) is 12.0 Å². The second kappa shape index (κ2) is 9.69. The van der Waals surface area contributed by atoms with E-state index >= 15 is 0 Å². The van der Waals surface area contributed by atoms with Crippen LogP contribution in [-0.2, 0) is 42.9 Å². The maximum absolute atomic E-state index is 12.5. The molecule has 0 saturated heterocycles. The van der Waals surface area contributed by atoms with Crippen molar-refractivity contribution in [2.24, 2.45) is 0 Å². The van der Waals surface area contributed by atoms with Gasteiger partial charge in [-0.1, -0.05) is 18.2 Å².